The van der Waals surface area contributed by atoms with Gasteiger partial charge in [-0.2, -0.15) is 0 Å². The van der Waals surface area contributed by atoms with E-state index in [2.05, 4.69) is 5.32 Å². The summed E-state index contributed by atoms with van der Waals surface area (Å²) < 4.78 is 17.7. The smallest absolute Gasteiger partial charge is 0.302 e. The van der Waals surface area contributed by atoms with Gasteiger partial charge in [0.1, 0.15) is 23.4 Å². The predicted molar refractivity (Wildman–Crippen MR) is 187 cm³/mol. The largest absolute Gasteiger partial charge is 0.507 e. The first-order chi connectivity index (χ1) is 23.4. The van der Waals surface area contributed by atoms with Crippen molar-refractivity contribution in [2.75, 3.05) is 12.4 Å². The summed E-state index contributed by atoms with van der Waals surface area (Å²) >= 11 is 0. The van der Waals surface area contributed by atoms with E-state index in [9.17, 15) is 39.9 Å². The van der Waals surface area contributed by atoms with Crippen LogP contribution in [0.25, 0.3) is 10.8 Å². The summed E-state index contributed by atoms with van der Waals surface area (Å²) in [6, 6.07) is 1.10. The zero-order chi connectivity index (χ0) is 37.4. The number of hydrogen-bond acceptors (Lipinski definition) is 11. The van der Waals surface area contributed by atoms with Gasteiger partial charge in [-0.05, 0) is 20.8 Å². The van der Waals surface area contributed by atoms with Crippen LogP contribution < -0.4 is 10.1 Å². The number of aliphatic hydroxyl groups is 2. The zero-order valence-electron chi connectivity index (χ0n) is 30.0. The molecule has 5 rings (SSSR count). The zero-order valence-corrected chi connectivity index (χ0v) is 30.0. The number of nitrogens with one attached hydrogen (secondary N) is 1. The first-order valence-corrected chi connectivity index (χ1v) is 16.7. The Balaban J connectivity index is 1.87. The van der Waals surface area contributed by atoms with Gasteiger partial charge in [0.25, 0.3) is 5.91 Å². The van der Waals surface area contributed by atoms with Gasteiger partial charge in [0.2, 0.25) is 5.78 Å². The maximum atomic E-state index is 14.0. The van der Waals surface area contributed by atoms with Crippen LogP contribution in [0.4, 0.5) is 5.69 Å². The fraction of sp³-hybridized carbons (Fsp3) is 0.500. The van der Waals surface area contributed by atoms with E-state index in [0.29, 0.717) is 0 Å². The number of carbonyl (C=O) groups excluding carboxylic acids is 3. The van der Waals surface area contributed by atoms with Crippen molar-refractivity contribution in [3.8, 4) is 23.0 Å². The summed E-state index contributed by atoms with van der Waals surface area (Å²) in [6.45, 7) is 12.9. The van der Waals surface area contributed by atoms with E-state index < -0.39 is 88.6 Å². The van der Waals surface area contributed by atoms with Gasteiger partial charge in [-0.15, -0.1) is 0 Å². The highest BCUT2D eigenvalue weighted by molar-refractivity contribution is 6.22. The molecule has 2 aromatic carbocycles. The average Bonchev–Trinajstić information content (AvgIpc) is 3.33. The fourth-order valence-electron chi connectivity index (χ4n) is 6.96. The molecular formula is C38H49NO11. The highest BCUT2D eigenvalue weighted by atomic mass is 16.5. The lowest BCUT2D eigenvalue weighted by Gasteiger charge is -2.38. The van der Waals surface area contributed by atoms with Crippen molar-refractivity contribution in [2.45, 2.75) is 91.8 Å². The van der Waals surface area contributed by atoms with E-state index >= 15 is 0 Å². The quantitative estimate of drug-likeness (QED) is 0.105. The van der Waals surface area contributed by atoms with E-state index in [0.717, 1.165) is 6.07 Å². The predicted octanol–water partition coefficient (Wildman–Crippen LogP) is 5.21. The molecule has 12 nitrogen and oxygen atoms in total. The van der Waals surface area contributed by atoms with Crippen molar-refractivity contribution in [1.29, 1.82) is 0 Å². The number of esters is 1. The molecule has 0 spiro atoms. The van der Waals surface area contributed by atoms with Gasteiger partial charge in [-0.25, -0.2) is 0 Å². The number of carbonyl (C=O) groups is 3. The Hall–Kier alpha value is -4.39. The molecule has 2 aromatic rings. The van der Waals surface area contributed by atoms with Gasteiger partial charge >= 0.3 is 5.97 Å². The van der Waals surface area contributed by atoms with Crippen LogP contribution in [0, 0.1) is 30.6 Å². The van der Waals surface area contributed by atoms with Crippen LogP contribution in [0.1, 0.15) is 70.8 Å². The number of methoxy groups -OCH3 is 1. The Labute approximate surface area is 292 Å². The Kier molecular flexibility index (Phi) is 11.4. The van der Waals surface area contributed by atoms with Crippen molar-refractivity contribution < 1.29 is 54.1 Å². The lowest BCUT2D eigenvalue weighted by Crippen LogP contribution is -2.46. The Morgan fingerprint density at radius 3 is 2.24 bits per heavy atom. The van der Waals surface area contributed by atoms with Crippen molar-refractivity contribution in [3.05, 3.63) is 53.1 Å². The number of Topliss-reactive ketones (excluding diaryl/α,β-unsaturated/α-hetero) is 1. The molecule has 0 saturated carbocycles. The number of rotatable bonds is 2. The monoisotopic (exact) mass is 695 g/mol. The number of hydrogen-bond donors (Lipinski definition) is 6. The van der Waals surface area contributed by atoms with Crippen LogP contribution in [-0.2, 0) is 19.1 Å². The highest BCUT2D eigenvalue weighted by Crippen LogP contribution is 2.54. The van der Waals surface area contributed by atoms with Crippen LogP contribution in [0.15, 0.2) is 42.0 Å². The lowest BCUT2D eigenvalue weighted by atomic mass is 9.78. The molecule has 6 N–H and O–H groups in total. The van der Waals surface area contributed by atoms with Crippen molar-refractivity contribution in [1.82, 2.24) is 0 Å². The second-order valence-electron chi connectivity index (χ2n) is 13.9. The molecule has 50 heavy (non-hydrogen) atoms. The summed E-state index contributed by atoms with van der Waals surface area (Å²) in [5.41, 5.74) is -1.32. The number of aromatic hydroxyl groups is 3. The molecule has 0 fully saturated rings. The third-order valence-corrected chi connectivity index (χ3v) is 10.2. The second-order valence-corrected chi connectivity index (χ2v) is 13.9. The molecule has 0 aromatic heterocycles. The van der Waals surface area contributed by atoms with Crippen LogP contribution >= 0.6 is 0 Å². The standard InChI is InChI=1S/C38H49NO11/c1-17-12-10-13-18(2)37(47)39-24-16-25(41)27-28(33(24)45)32(44)22(6)35-29(27)36(46)38(8,50-35)15-11-14-26(48-9)19(3)34(49-23(7)40)21(5)31(43)20(4)30(17)42/h10-14,16-17,19-21,26,30-31,34,41-45H,15H2,1-9H3,(H,39,47)/t17-,19+,20+,21+,26-,30-,31+,34+,38+/m0/s1. The summed E-state index contributed by atoms with van der Waals surface area (Å²) in [7, 11) is 1.49. The van der Waals surface area contributed by atoms with E-state index in [1.54, 1.807) is 52.0 Å². The minimum Gasteiger partial charge on any atom is -0.507 e. The lowest BCUT2D eigenvalue weighted by molar-refractivity contribution is -0.160. The van der Waals surface area contributed by atoms with Gasteiger partial charge in [-0.1, -0.05) is 58.1 Å². The molecule has 3 aliphatic rings. The molecule has 12 heteroatoms. The summed E-state index contributed by atoms with van der Waals surface area (Å²) in [4.78, 5) is 39.4. The molecule has 5 bridgehead atoms. The van der Waals surface area contributed by atoms with Crippen molar-refractivity contribution in [3.63, 3.8) is 0 Å². The van der Waals surface area contributed by atoms with Crippen LogP contribution in [0.5, 0.6) is 23.0 Å². The third kappa shape index (κ3) is 7.10. The number of ketones is 1. The van der Waals surface area contributed by atoms with E-state index in [4.69, 9.17) is 14.2 Å². The topological polar surface area (TPSA) is 192 Å². The van der Waals surface area contributed by atoms with Gasteiger partial charge < -0.3 is 45.1 Å². The van der Waals surface area contributed by atoms with Crippen LogP contribution in [-0.4, -0.2) is 80.3 Å². The number of benzene rings is 2. The highest BCUT2D eigenvalue weighted by Gasteiger charge is 2.47. The first-order valence-electron chi connectivity index (χ1n) is 16.7. The Morgan fingerprint density at radius 1 is 0.960 bits per heavy atom. The number of allylic oxidation sites excluding steroid dienone is 2. The maximum Gasteiger partial charge on any atom is 0.302 e. The number of ether oxygens (including phenoxy) is 3. The molecule has 0 unspecified atom stereocenters. The molecule has 3 aliphatic heterocycles. The Morgan fingerprint density at radius 2 is 1.62 bits per heavy atom. The van der Waals surface area contributed by atoms with Gasteiger partial charge in [0.05, 0.1) is 34.9 Å². The summed E-state index contributed by atoms with van der Waals surface area (Å²) in [6.07, 6.45) is 4.65. The molecule has 0 aliphatic carbocycles. The molecule has 3 heterocycles. The third-order valence-electron chi connectivity index (χ3n) is 10.2. The number of fused-ring (bicyclic) bond motifs is 14. The minimum absolute atomic E-state index is 0.0210. The van der Waals surface area contributed by atoms with E-state index in [1.807, 2.05) is 6.92 Å². The van der Waals surface area contributed by atoms with Crippen molar-refractivity contribution >= 4 is 34.1 Å². The SMILES string of the molecule is CO[C@H]1C=CC[C@@]2(C)Oc3c(C)c(O)c4c(O)c(cc(O)c4c3C2=O)NC(=O)C(C)=CC=C[C@H](C)[C@H](O)[C@@H](C)[C@@H](O)[C@@H](C)[C@H](OC(C)=O)[C@@H]1C. The number of phenolic OH excluding ortho intramolecular Hbond substituents is 3. The number of amides is 1. The second kappa shape index (κ2) is 14.8. The van der Waals surface area contributed by atoms with Gasteiger partial charge in [0, 0.05) is 66.7 Å². The number of aliphatic hydroxyl groups excluding tert-OH is 2. The Bertz CT molecular complexity index is 1760. The van der Waals surface area contributed by atoms with Crippen LogP contribution in [0.3, 0.4) is 0 Å². The van der Waals surface area contributed by atoms with E-state index in [-0.39, 0.29) is 45.3 Å². The van der Waals surface area contributed by atoms with E-state index in [1.165, 1.54) is 34.0 Å². The molecule has 0 saturated heterocycles. The van der Waals surface area contributed by atoms with Gasteiger partial charge in [0.15, 0.2) is 11.4 Å². The average molecular weight is 696 g/mol. The summed E-state index contributed by atoms with van der Waals surface area (Å²) in [5, 5.41) is 58.5. The molecule has 0 radical (unpaired) electrons. The molecular weight excluding hydrogens is 646 g/mol. The first kappa shape index (κ1) is 38.4. The number of phenols is 3. The molecule has 272 valence electrons. The number of anilines is 1. The molecule has 1 amide bonds. The minimum atomic E-state index is -1.48. The van der Waals surface area contributed by atoms with Gasteiger partial charge in [-0.3, -0.25) is 14.4 Å². The maximum absolute atomic E-state index is 14.0. The normalized spacial score (nSPS) is 31.1. The summed E-state index contributed by atoms with van der Waals surface area (Å²) in [5.74, 6) is -5.29. The van der Waals surface area contributed by atoms with Crippen LogP contribution in [0.2, 0.25) is 0 Å². The van der Waals surface area contributed by atoms with Crippen molar-refractivity contribution in [2.24, 2.45) is 23.7 Å². The molecule has 9 atom stereocenters. The fourth-order valence-corrected chi connectivity index (χ4v) is 6.96.